The summed E-state index contributed by atoms with van der Waals surface area (Å²) in [5.74, 6) is 0.166. The van der Waals surface area contributed by atoms with Crippen molar-refractivity contribution in [1.82, 2.24) is 5.32 Å². The van der Waals surface area contributed by atoms with E-state index in [1.165, 1.54) is 0 Å². The van der Waals surface area contributed by atoms with Gasteiger partial charge in [0.15, 0.2) is 0 Å². The number of aliphatic carboxylic acids is 1. The second-order valence-corrected chi connectivity index (χ2v) is 7.77. The Bertz CT molecular complexity index is 535. The van der Waals surface area contributed by atoms with Crippen LogP contribution in [-0.2, 0) is 10.5 Å². The minimum absolute atomic E-state index is 0.392. The average Bonchev–Trinajstić information content (AvgIpc) is 3.16. The zero-order valence-corrected chi connectivity index (χ0v) is 13.4. The number of halogens is 1. The molecule has 2 unspecified atom stereocenters. The van der Waals surface area contributed by atoms with Crippen LogP contribution in [0.2, 0.25) is 5.02 Å². The van der Waals surface area contributed by atoms with Gasteiger partial charge in [0.25, 0.3) is 0 Å². The van der Waals surface area contributed by atoms with Crippen LogP contribution < -0.4 is 5.32 Å². The smallest absolute Gasteiger partial charge is 0.323 e. The normalized spacial score (nSPS) is 28.7. The number of rotatable bonds is 6. The fourth-order valence-electron chi connectivity index (χ4n) is 2.97. The fourth-order valence-corrected chi connectivity index (χ4v) is 4.61. The van der Waals surface area contributed by atoms with Gasteiger partial charge in [-0.15, -0.1) is 0 Å². The number of nitrogens with one attached hydrogen (secondary N) is 1. The van der Waals surface area contributed by atoms with Crippen LogP contribution in [-0.4, -0.2) is 27.9 Å². The minimum Gasteiger partial charge on any atom is -0.480 e. The third kappa shape index (κ3) is 3.55. The lowest BCUT2D eigenvalue weighted by Gasteiger charge is -2.26. The van der Waals surface area contributed by atoms with E-state index in [0.29, 0.717) is 17.7 Å². The van der Waals surface area contributed by atoms with Gasteiger partial charge < -0.3 is 5.11 Å². The molecule has 21 heavy (non-hydrogen) atoms. The first-order valence-corrected chi connectivity index (χ1v) is 8.88. The van der Waals surface area contributed by atoms with Crippen molar-refractivity contribution in [3.8, 4) is 0 Å². The highest BCUT2D eigenvalue weighted by Crippen LogP contribution is 2.41. The average molecular weight is 326 g/mol. The van der Waals surface area contributed by atoms with Gasteiger partial charge in [0.2, 0.25) is 0 Å². The Morgan fingerprint density at radius 2 is 2.14 bits per heavy atom. The number of benzene rings is 1. The van der Waals surface area contributed by atoms with Crippen molar-refractivity contribution >= 4 is 29.3 Å². The molecule has 2 saturated carbocycles. The van der Waals surface area contributed by atoms with Gasteiger partial charge in [-0.3, -0.25) is 10.1 Å². The second-order valence-electron chi connectivity index (χ2n) is 6.07. The van der Waals surface area contributed by atoms with E-state index in [1.807, 2.05) is 36.0 Å². The molecule has 0 aromatic heterocycles. The van der Waals surface area contributed by atoms with E-state index in [0.717, 1.165) is 42.0 Å². The van der Waals surface area contributed by atoms with Gasteiger partial charge in [0.1, 0.15) is 5.54 Å². The summed E-state index contributed by atoms with van der Waals surface area (Å²) in [6.45, 7) is 0. The number of carboxylic acids is 1. The summed E-state index contributed by atoms with van der Waals surface area (Å²) in [6, 6.07) is 8.29. The highest BCUT2D eigenvalue weighted by molar-refractivity contribution is 7.99. The number of thioether (sulfide) groups is 1. The van der Waals surface area contributed by atoms with Gasteiger partial charge in [0, 0.05) is 22.1 Å². The summed E-state index contributed by atoms with van der Waals surface area (Å²) in [4.78, 5) is 11.7. The van der Waals surface area contributed by atoms with Crippen molar-refractivity contribution < 1.29 is 9.90 Å². The molecule has 2 atom stereocenters. The number of carbonyl (C=O) groups is 1. The van der Waals surface area contributed by atoms with Crippen molar-refractivity contribution in [2.24, 2.45) is 0 Å². The molecule has 0 amide bonds. The number of carboxylic acid groups (broad SMARTS) is 1. The third-order valence-corrected chi connectivity index (χ3v) is 6.09. The number of hydrogen-bond acceptors (Lipinski definition) is 3. The molecule has 0 heterocycles. The van der Waals surface area contributed by atoms with Crippen LogP contribution >= 0.6 is 23.4 Å². The maximum atomic E-state index is 11.7. The molecule has 1 aromatic rings. The Labute approximate surface area is 134 Å². The monoisotopic (exact) mass is 325 g/mol. The largest absolute Gasteiger partial charge is 0.480 e. The topological polar surface area (TPSA) is 49.3 Å². The maximum Gasteiger partial charge on any atom is 0.323 e. The molecule has 1 aromatic carbocycles. The summed E-state index contributed by atoms with van der Waals surface area (Å²) < 4.78 is 0. The summed E-state index contributed by atoms with van der Waals surface area (Å²) in [6.07, 6.45) is 4.65. The SMILES string of the molecule is O=C(O)C1(NC2CC2)CCC(SCc2ccccc2Cl)C1. The molecule has 0 saturated heterocycles. The first kappa shape index (κ1) is 15.2. The molecule has 3 rings (SSSR count). The first-order chi connectivity index (χ1) is 10.1. The predicted octanol–water partition coefficient (Wildman–Crippen LogP) is 3.70. The van der Waals surface area contributed by atoms with Gasteiger partial charge in [-0.1, -0.05) is 29.8 Å². The molecule has 114 valence electrons. The van der Waals surface area contributed by atoms with Crippen LogP contribution in [0.3, 0.4) is 0 Å². The Hall–Kier alpha value is -0.710. The van der Waals surface area contributed by atoms with Crippen LogP contribution in [0.5, 0.6) is 0 Å². The summed E-state index contributed by atoms with van der Waals surface area (Å²) >= 11 is 8.00. The molecule has 2 aliphatic rings. The van der Waals surface area contributed by atoms with E-state index in [2.05, 4.69) is 5.32 Å². The highest BCUT2D eigenvalue weighted by atomic mass is 35.5. The Balaban J connectivity index is 1.58. The highest BCUT2D eigenvalue weighted by Gasteiger charge is 2.48. The zero-order chi connectivity index (χ0) is 14.9. The summed E-state index contributed by atoms with van der Waals surface area (Å²) in [5.41, 5.74) is 0.436. The molecule has 5 heteroatoms. The number of hydrogen-bond donors (Lipinski definition) is 2. The zero-order valence-electron chi connectivity index (χ0n) is 11.8. The summed E-state index contributed by atoms with van der Waals surface area (Å²) in [5, 5.41) is 14.1. The van der Waals surface area contributed by atoms with Crippen LogP contribution in [0.15, 0.2) is 24.3 Å². The van der Waals surface area contributed by atoms with Gasteiger partial charge in [-0.2, -0.15) is 11.8 Å². The van der Waals surface area contributed by atoms with E-state index in [9.17, 15) is 9.90 Å². The first-order valence-electron chi connectivity index (χ1n) is 7.45. The quantitative estimate of drug-likeness (QED) is 0.837. The lowest BCUT2D eigenvalue weighted by Crippen LogP contribution is -2.51. The standard InChI is InChI=1S/C16H20ClNO2S/c17-14-4-2-1-3-11(14)10-21-13-7-8-16(9-13,15(19)20)18-12-5-6-12/h1-4,12-13,18H,5-10H2,(H,19,20). The van der Waals surface area contributed by atoms with Crippen molar-refractivity contribution in [3.63, 3.8) is 0 Å². The molecule has 2 N–H and O–H groups in total. The van der Waals surface area contributed by atoms with Gasteiger partial charge >= 0.3 is 5.97 Å². The Morgan fingerprint density at radius 1 is 1.38 bits per heavy atom. The lowest BCUT2D eigenvalue weighted by molar-refractivity contribution is -0.144. The van der Waals surface area contributed by atoms with Gasteiger partial charge in [0.05, 0.1) is 0 Å². The molecule has 0 spiro atoms. The van der Waals surface area contributed by atoms with Gasteiger partial charge in [-0.25, -0.2) is 0 Å². The minimum atomic E-state index is -0.695. The molecular weight excluding hydrogens is 306 g/mol. The molecule has 0 radical (unpaired) electrons. The van der Waals surface area contributed by atoms with Crippen LogP contribution in [0.1, 0.15) is 37.7 Å². The molecule has 0 bridgehead atoms. The molecule has 2 fully saturated rings. The molecule has 0 aliphatic heterocycles. The van der Waals surface area contributed by atoms with Crippen molar-refractivity contribution in [1.29, 1.82) is 0 Å². The fraction of sp³-hybridized carbons (Fsp3) is 0.562. The second kappa shape index (κ2) is 6.19. The van der Waals surface area contributed by atoms with E-state index < -0.39 is 11.5 Å². The third-order valence-electron chi connectivity index (χ3n) is 4.37. The van der Waals surface area contributed by atoms with Crippen LogP contribution in [0, 0.1) is 0 Å². The Morgan fingerprint density at radius 3 is 2.81 bits per heavy atom. The van der Waals surface area contributed by atoms with E-state index in [4.69, 9.17) is 11.6 Å². The van der Waals surface area contributed by atoms with E-state index in [-0.39, 0.29) is 0 Å². The summed E-state index contributed by atoms with van der Waals surface area (Å²) in [7, 11) is 0. The van der Waals surface area contributed by atoms with Crippen LogP contribution in [0.25, 0.3) is 0 Å². The Kier molecular flexibility index (Phi) is 4.48. The van der Waals surface area contributed by atoms with Crippen molar-refractivity contribution in [2.75, 3.05) is 0 Å². The lowest BCUT2D eigenvalue weighted by atomic mass is 9.98. The van der Waals surface area contributed by atoms with Gasteiger partial charge in [-0.05, 0) is 43.7 Å². The maximum absolute atomic E-state index is 11.7. The molecule has 2 aliphatic carbocycles. The van der Waals surface area contributed by atoms with E-state index in [1.54, 1.807) is 0 Å². The molecular formula is C16H20ClNO2S. The van der Waals surface area contributed by atoms with Crippen LogP contribution in [0.4, 0.5) is 0 Å². The predicted molar refractivity (Wildman–Crippen MR) is 86.9 cm³/mol. The van der Waals surface area contributed by atoms with Crippen molar-refractivity contribution in [3.05, 3.63) is 34.9 Å². The molecule has 3 nitrogen and oxygen atoms in total. The van der Waals surface area contributed by atoms with E-state index >= 15 is 0 Å². The van der Waals surface area contributed by atoms with Crippen molar-refractivity contribution in [2.45, 2.75) is 54.7 Å².